The SMILES string of the molecule is OCCCc1nc2ccc(Cc3ccc4nc(CCCO)[nH]c4c3)cc2[nH]1. The normalized spacial score (nSPS) is 11.6. The van der Waals surface area contributed by atoms with Gasteiger partial charge in [-0.3, -0.25) is 0 Å². The zero-order chi connectivity index (χ0) is 18.6. The second-order valence-corrected chi connectivity index (χ2v) is 6.90. The van der Waals surface area contributed by atoms with Gasteiger partial charge in [-0.2, -0.15) is 0 Å². The van der Waals surface area contributed by atoms with E-state index in [1.807, 2.05) is 12.1 Å². The summed E-state index contributed by atoms with van der Waals surface area (Å²) in [4.78, 5) is 15.8. The van der Waals surface area contributed by atoms with Crippen LogP contribution in [0.3, 0.4) is 0 Å². The quantitative estimate of drug-likeness (QED) is 0.386. The average molecular weight is 364 g/mol. The van der Waals surface area contributed by atoms with Gasteiger partial charge in [-0.05, 0) is 54.7 Å². The molecule has 2 heterocycles. The number of hydrogen-bond donors (Lipinski definition) is 4. The van der Waals surface area contributed by atoms with Crippen LogP contribution in [0.5, 0.6) is 0 Å². The molecule has 0 radical (unpaired) electrons. The number of nitrogens with one attached hydrogen (secondary N) is 2. The van der Waals surface area contributed by atoms with E-state index in [2.05, 4.69) is 44.2 Å². The van der Waals surface area contributed by atoms with E-state index in [0.29, 0.717) is 0 Å². The molecule has 6 heteroatoms. The summed E-state index contributed by atoms with van der Waals surface area (Å²) < 4.78 is 0. The summed E-state index contributed by atoms with van der Waals surface area (Å²) in [6, 6.07) is 12.6. The van der Waals surface area contributed by atoms with Crippen LogP contribution in [0.2, 0.25) is 0 Å². The van der Waals surface area contributed by atoms with Crippen molar-refractivity contribution in [3.8, 4) is 0 Å². The average Bonchev–Trinajstić information content (AvgIpc) is 3.27. The van der Waals surface area contributed by atoms with Crippen LogP contribution in [-0.4, -0.2) is 43.4 Å². The molecule has 4 N–H and O–H groups in total. The number of aliphatic hydroxyl groups excluding tert-OH is 2. The van der Waals surface area contributed by atoms with Gasteiger partial charge >= 0.3 is 0 Å². The van der Waals surface area contributed by atoms with Crippen LogP contribution in [-0.2, 0) is 19.3 Å². The summed E-state index contributed by atoms with van der Waals surface area (Å²) in [5.74, 6) is 1.84. The van der Waals surface area contributed by atoms with Crippen LogP contribution in [0.15, 0.2) is 36.4 Å². The lowest BCUT2D eigenvalue weighted by Crippen LogP contribution is -1.91. The summed E-state index contributed by atoms with van der Waals surface area (Å²) >= 11 is 0. The molecule has 0 unspecified atom stereocenters. The second kappa shape index (κ2) is 7.90. The zero-order valence-electron chi connectivity index (χ0n) is 15.2. The molecular weight excluding hydrogens is 340 g/mol. The van der Waals surface area contributed by atoms with E-state index in [9.17, 15) is 0 Å². The first-order valence-electron chi connectivity index (χ1n) is 9.42. The lowest BCUT2D eigenvalue weighted by atomic mass is 10.0. The Morgan fingerprint density at radius 2 is 1.19 bits per heavy atom. The van der Waals surface area contributed by atoms with E-state index in [0.717, 1.165) is 65.8 Å². The molecule has 0 aliphatic heterocycles. The number of aliphatic hydroxyl groups is 2. The fraction of sp³-hybridized carbons (Fsp3) is 0.333. The number of aromatic nitrogens is 4. The fourth-order valence-corrected chi connectivity index (χ4v) is 3.40. The number of hydrogen-bond acceptors (Lipinski definition) is 4. The number of H-pyrrole nitrogens is 2. The highest BCUT2D eigenvalue weighted by molar-refractivity contribution is 5.77. The second-order valence-electron chi connectivity index (χ2n) is 6.90. The van der Waals surface area contributed by atoms with Crippen LogP contribution in [0, 0.1) is 0 Å². The van der Waals surface area contributed by atoms with Gasteiger partial charge in [0.1, 0.15) is 11.6 Å². The van der Waals surface area contributed by atoms with Gasteiger partial charge in [-0.15, -0.1) is 0 Å². The maximum absolute atomic E-state index is 8.97. The van der Waals surface area contributed by atoms with E-state index in [1.165, 1.54) is 11.1 Å². The molecule has 27 heavy (non-hydrogen) atoms. The first-order valence-corrected chi connectivity index (χ1v) is 9.42. The Morgan fingerprint density at radius 3 is 1.63 bits per heavy atom. The topological polar surface area (TPSA) is 97.8 Å². The highest BCUT2D eigenvalue weighted by Crippen LogP contribution is 2.20. The van der Waals surface area contributed by atoms with Gasteiger partial charge in [0.25, 0.3) is 0 Å². The van der Waals surface area contributed by atoms with Crippen LogP contribution in [0.25, 0.3) is 22.1 Å². The van der Waals surface area contributed by atoms with Crippen LogP contribution < -0.4 is 0 Å². The molecule has 0 spiro atoms. The van der Waals surface area contributed by atoms with Crippen molar-refractivity contribution in [3.05, 3.63) is 59.2 Å². The molecule has 140 valence electrons. The molecule has 0 saturated heterocycles. The van der Waals surface area contributed by atoms with E-state index in [4.69, 9.17) is 10.2 Å². The highest BCUT2D eigenvalue weighted by atomic mass is 16.3. The van der Waals surface area contributed by atoms with Gasteiger partial charge in [0.15, 0.2) is 0 Å². The van der Waals surface area contributed by atoms with Crippen molar-refractivity contribution < 1.29 is 10.2 Å². The molecule has 0 bridgehead atoms. The molecule has 0 amide bonds. The minimum Gasteiger partial charge on any atom is -0.396 e. The zero-order valence-corrected chi connectivity index (χ0v) is 15.2. The molecule has 4 rings (SSSR count). The lowest BCUT2D eigenvalue weighted by Gasteiger charge is -2.02. The summed E-state index contributed by atoms with van der Waals surface area (Å²) in [5.41, 5.74) is 6.44. The fourth-order valence-electron chi connectivity index (χ4n) is 3.40. The molecular formula is C21H24N4O2. The number of nitrogens with zero attached hydrogens (tertiary/aromatic N) is 2. The Kier molecular flexibility index (Phi) is 5.18. The Balaban J connectivity index is 1.53. The standard InChI is InChI=1S/C21H24N4O2/c26-9-1-3-20-22-16-7-5-14(12-18(16)24-20)11-15-6-8-17-19(13-15)25-21(23-17)4-2-10-27/h5-8,12-13,26-27H,1-4,9-11H2,(H,22,24)(H,23,25). The van der Waals surface area contributed by atoms with Crippen molar-refractivity contribution in [2.45, 2.75) is 32.1 Å². The molecule has 0 fully saturated rings. The minimum absolute atomic E-state index is 0.181. The Hall–Kier alpha value is -2.70. The van der Waals surface area contributed by atoms with Crippen molar-refractivity contribution in [2.24, 2.45) is 0 Å². The molecule has 4 aromatic rings. The van der Waals surface area contributed by atoms with E-state index >= 15 is 0 Å². The van der Waals surface area contributed by atoms with Crippen LogP contribution in [0.4, 0.5) is 0 Å². The van der Waals surface area contributed by atoms with Gasteiger partial charge in [-0.1, -0.05) is 12.1 Å². The predicted octanol–water partition coefficient (Wildman–Crippen LogP) is 2.88. The number of benzene rings is 2. The molecule has 2 aromatic heterocycles. The minimum atomic E-state index is 0.181. The van der Waals surface area contributed by atoms with Crippen molar-refractivity contribution in [3.63, 3.8) is 0 Å². The number of imidazole rings is 2. The first-order chi connectivity index (χ1) is 13.2. The van der Waals surface area contributed by atoms with Gasteiger partial charge in [0.2, 0.25) is 0 Å². The highest BCUT2D eigenvalue weighted by Gasteiger charge is 2.07. The summed E-state index contributed by atoms with van der Waals surface area (Å²) in [6.45, 7) is 0.361. The third-order valence-electron chi connectivity index (χ3n) is 4.74. The van der Waals surface area contributed by atoms with Gasteiger partial charge < -0.3 is 20.2 Å². The van der Waals surface area contributed by atoms with Crippen molar-refractivity contribution in [1.82, 2.24) is 19.9 Å². The van der Waals surface area contributed by atoms with Crippen LogP contribution in [0.1, 0.15) is 35.6 Å². The third-order valence-corrected chi connectivity index (χ3v) is 4.74. The summed E-state index contributed by atoms with van der Waals surface area (Å²) in [6.07, 6.45) is 3.79. The number of rotatable bonds is 8. The maximum Gasteiger partial charge on any atom is 0.107 e. The lowest BCUT2D eigenvalue weighted by molar-refractivity contribution is 0.287. The number of aromatic amines is 2. The van der Waals surface area contributed by atoms with Crippen molar-refractivity contribution >= 4 is 22.1 Å². The van der Waals surface area contributed by atoms with E-state index in [1.54, 1.807) is 0 Å². The third kappa shape index (κ3) is 4.02. The largest absolute Gasteiger partial charge is 0.396 e. The Labute approximate surface area is 157 Å². The Morgan fingerprint density at radius 1 is 0.704 bits per heavy atom. The van der Waals surface area contributed by atoms with Crippen molar-refractivity contribution in [1.29, 1.82) is 0 Å². The molecule has 6 nitrogen and oxygen atoms in total. The molecule has 0 saturated carbocycles. The van der Waals surface area contributed by atoms with E-state index < -0.39 is 0 Å². The van der Waals surface area contributed by atoms with Gasteiger partial charge in [-0.25, -0.2) is 9.97 Å². The monoisotopic (exact) mass is 364 g/mol. The smallest absolute Gasteiger partial charge is 0.107 e. The Bertz CT molecular complexity index is 967. The van der Waals surface area contributed by atoms with E-state index in [-0.39, 0.29) is 13.2 Å². The van der Waals surface area contributed by atoms with Gasteiger partial charge in [0.05, 0.1) is 22.1 Å². The van der Waals surface area contributed by atoms with Crippen LogP contribution >= 0.6 is 0 Å². The number of aryl methyl sites for hydroxylation is 2. The summed E-state index contributed by atoms with van der Waals surface area (Å²) in [7, 11) is 0. The maximum atomic E-state index is 8.97. The molecule has 0 aliphatic carbocycles. The predicted molar refractivity (Wildman–Crippen MR) is 106 cm³/mol. The van der Waals surface area contributed by atoms with Gasteiger partial charge in [0, 0.05) is 26.1 Å². The summed E-state index contributed by atoms with van der Waals surface area (Å²) in [5, 5.41) is 17.9. The first kappa shape index (κ1) is 17.7. The molecule has 2 aromatic carbocycles. The van der Waals surface area contributed by atoms with Crippen molar-refractivity contribution in [2.75, 3.05) is 13.2 Å². The molecule has 0 aliphatic rings. The number of fused-ring (bicyclic) bond motifs is 2. The molecule has 0 atom stereocenters.